The molecule has 154 valence electrons. The Labute approximate surface area is 177 Å². The number of nitrogens with one attached hydrogen (secondary N) is 2. The number of aliphatic hydroxyl groups is 1. The summed E-state index contributed by atoms with van der Waals surface area (Å²) in [6.45, 7) is -0.162. The molecule has 1 amide bonds. The Morgan fingerprint density at radius 2 is 2.00 bits per heavy atom. The van der Waals surface area contributed by atoms with Gasteiger partial charge in [-0.05, 0) is 47.4 Å². The van der Waals surface area contributed by atoms with E-state index in [0.717, 1.165) is 22.1 Å². The van der Waals surface area contributed by atoms with Gasteiger partial charge in [0.15, 0.2) is 5.82 Å². The lowest BCUT2D eigenvalue weighted by Crippen LogP contribution is -2.38. The third kappa shape index (κ3) is 4.04. The van der Waals surface area contributed by atoms with Gasteiger partial charge >= 0.3 is 0 Å². The van der Waals surface area contributed by atoms with Gasteiger partial charge in [0.25, 0.3) is 5.91 Å². The number of benzene rings is 3. The molecule has 0 radical (unpaired) electrons. The van der Waals surface area contributed by atoms with Gasteiger partial charge in [-0.1, -0.05) is 36.4 Å². The number of hydrogen-bond donors (Lipinski definition) is 3. The van der Waals surface area contributed by atoms with Crippen LogP contribution in [0.25, 0.3) is 32.9 Å². The second-order valence-corrected chi connectivity index (χ2v) is 8.13. The van der Waals surface area contributed by atoms with Crippen LogP contribution in [-0.4, -0.2) is 45.9 Å². The standard InChI is InChI=1S/C23H22FN3O2S/c1-30-9-8-18(13-28)25-23(29)17-11-19-21(26-27-22(19)20(24)12-17)16-7-6-14-4-2-3-5-15(14)10-16/h2-7,10-12,18,28H,8-9,13H2,1H3,(H,25,29)(H,26,27)/t18-/m0/s1. The molecule has 3 N–H and O–H groups in total. The van der Waals surface area contributed by atoms with E-state index in [1.54, 1.807) is 17.8 Å². The first kappa shape index (κ1) is 20.4. The zero-order valence-corrected chi connectivity index (χ0v) is 17.3. The highest BCUT2D eigenvalue weighted by Crippen LogP contribution is 2.31. The molecule has 4 aromatic rings. The summed E-state index contributed by atoms with van der Waals surface area (Å²) in [5.74, 6) is -0.167. The van der Waals surface area contributed by atoms with E-state index < -0.39 is 11.7 Å². The molecule has 0 fully saturated rings. The number of halogens is 1. The summed E-state index contributed by atoms with van der Waals surface area (Å²) >= 11 is 1.64. The molecular formula is C23H22FN3O2S. The van der Waals surface area contributed by atoms with E-state index in [2.05, 4.69) is 15.5 Å². The number of fused-ring (bicyclic) bond motifs is 2. The number of aromatic amines is 1. The Morgan fingerprint density at radius 3 is 2.77 bits per heavy atom. The highest BCUT2D eigenvalue weighted by atomic mass is 32.2. The van der Waals surface area contributed by atoms with Crippen molar-refractivity contribution in [2.75, 3.05) is 18.6 Å². The number of aliphatic hydroxyl groups excluding tert-OH is 1. The molecule has 0 bridgehead atoms. The normalized spacial score (nSPS) is 12.4. The van der Waals surface area contributed by atoms with Gasteiger partial charge in [0.1, 0.15) is 5.52 Å². The minimum Gasteiger partial charge on any atom is -0.394 e. The number of hydrogen-bond acceptors (Lipinski definition) is 4. The lowest BCUT2D eigenvalue weighted by atomic mass is 10.0. The van der Waals surface area contributed by atoms with Gasteiger partial charge in [0.2, 0.25) is 0 Å². The van der Waals surface area contributed by atoms with Crippen LogP contribution < -0.4 is 5.32 Å². The molecule has 4 rings (SSSR count). The molecule has 0 aliphatic carbocycles. The van der Waals surface area contributed by atoms with Crippen LogP contribution in [0.1, 0.15) is 16.8 Å². The summed E-state index contributed by atoms with van der Waals surface area (Å²) in [4.78, 5) is 12.7. The van der Waals surface area contributed by atoms with E-state index in [9.17, 15) is 14.3 Å². The molecule has 0 spiro atoms. The Morgan fingerprint density at radius 1 is 1.20 bits per heavy atom. The van der Waals surface area contributed by atoms with Gasteiger partial charge in [0, 0.05) is 16.5 Å². The van der Waals surface area contributed by atoms with E-state index >= 15 is 0 Å². The van der Waals surface area contributed by atoms with Crippen molar-refractivity contribution in [2.45, 2.75) is 12.5 Å². The highest BCUT2D eigenvalue weighted by molar-refractivity contribution is 7.98. The van der Waals surface area contributed by atoms with Crippen LogP contribution in [0.3, 0.4) is 0 Å². The molecule has 0 unspecified atom stereocenters. The maximum Gasteiger partial charge on any atom is 0.251 e. The largest absolute Gasteiger partial charge is 0.394 e. The Hall–Kier alpha value is -2.90. The van der Waals surface area contributed by atoms with Crippen LogP contribution in [0.2, 0.25) is 0 Å². The summed E-state index contributed by atoms with van der Waals surface area (Å²) in [6, 6.07) is 16.4. The SMILES string of the molecule is CSCC[C@@H](CO)NC(=O)c1cc(F)c2n[nH]c(-c3ccc4ccccc4c3)c2c1. The van der Waals surface area contributed by atoms with Crippen molar-refractivity contribution >= 4 is 39.3 Å². The predicted molar refractivity (Wildman–Crippen MR) is 120 cm³/mol. The van der Waals surface area contributed by atoms with Crippen LogP contribution in [0.15, 0.2) is 54.6 Å². The van der Waals surface area contributed by atoms with E-state index in [1.165, 1.54) is 6.07 Å². The van der Waals surface area contributed by atoms with E-state index in [0.29, 0.717) is 17.5 Å². The third-order valence-electron chi connectivity index (χ3n) is 5.14. The lowest BCUT2D eigenvalue weighted by molar-refractivity contribution is 0.0915. The Bertz CT molecular complexity index is 1210. The van der Waals surface area contributed by atoms with E-state index in [1.807, 2.05) is 48.7 Å². The average Bonchev–Trinajstić information content (AvgIpc) is 3.20. The molecule has 3 aromatic carbocycles. The number of amides is 1. The van der Waals surface area contributed by atoms with Crippen LogP contribution in [0.4, 0.5) is 4.39 Å². The van der Waals surface area contributed by atoms with Crippen molar-refractivity contribution < 1.29 is 14.3 Å². The van der Waals surface area contributed by atoms with E-state index in [-0.39, 0.29) is 23.7 Å². The second-order valence-electron chi connectivity index (χ2n) is 7.15. The number of carbonyl (C=O) groups excluding carboxylic acids is 1. The molecule has 1 aromatic heterocycles. The van der Waals surface area contributed by atoms with Crippen molar-refractivity contribution in [3.8, 4) is 11.3 Å². The van der Waals surface area contributed by atoms with Gasteiger partial charge in [-0.2, -0.15) is 16.9 Å². The fraction of sp³-hybridized carbons (Fsp3) is 0.217. The summed E-state index contributed by atoms with van der Waals surface area (Å²) in [6.07, 6.45) is 2.61. The maximum absolute atomic E-state index is 14.7. The Balaban J connectivity index is 1.71. The molecular weight excluding hydrogens is 401 g/mol. The second kappa shape index (κ2) is 8.85. The quantitative estimate of drug-likeness (QED) is 0.413. The molecule has 7 heteroatoms. The van der Waals surface area contributed by atoms with Crippen LogP contribution in [-0.2, 0) is 0 Å². The highest BCUT2D eigenvalue weighted by Gasteiger charge is 2.18. The zero-order chi connectivity index (χ0) is 21.1. The van der Waals surface area contributed by atoms with Gasteiger partial charge in [-0.3, -0.25) is 9.89 Å². The first-order chi connectivity index (χ1) is 14.6. The van der Waals surface area contributed by atoms with Crippen LogP contribution in [0.5, 0.6) is 0 Å². The number of aromatic nitrogens is 2. The topological polar surface area (TPSA) is 78.0 Å². The zero-order valence-electron chi connectivity index (χ0n) is 16.5. The molecule has 0 saturated heterocycles. The molecule has 0 aliphatic heterocycles. The monoisotopic (exact) mass is 423 g/mol. The fourth-order valence-electron chi connectivity index (χ4n) is 3.51. The minimum atomic E-state index is -0.564. The number of rotatable bonds is 7. The number of thioether (sulfide) groups is 1. The number of carbonyl (C=O) groups is 1. The van der Waals surface area contributed by atoms with Gasteiger partial charge in [0.05, 0.1) is 18.3 Å². The molecule has 5 nitrogen and oxygen atoms in total. The summed E-state index contributed by atoms with van der Waals surface area (Å²) < 4.78 is 14.7. The van der Waals surface area contributed by atoms with Crippen molar-refractivity contribution in [2.24, 2.45) is 0 Å². The maximum atomic E-state index is 14.7. The van der Waals surface area contributed by atoms with Gasteiger partial charge in [-0.15, -0.1) is 0 Å². The van der Waals surface area contributed by atoms with E-state index in [4.69, 9.17) is 0 Å². The van der Waals surface area contributed by atoms with Crippen molar-refractivity contribution in [1.29, 1.82) is 0 Å². The lowest BCUT2D eigenvalue weighted by Gasteiger charge is -2.16. The molecule has 1 heterocycles. The van der Waals surface area contributed by atoms with Gasteiger partial charge < -0.3 is 10.4 Å². The number of H-pyrrole nitrogens is 1. The summed E-state index contributed by atoms with van der Waals surface area (Å²) in [5, 5.41) is 22.0. The minimum absolute atomic E-state index is 0.162. The van der Waals surface area contributed by atoms with Gasteiger partial charge in [-0.25, -0.2) is 4.39 Å². The Kier molecular flexibility index (Phi) is 6.01. The third-order valence-corrected chi connectivity index (χ3v) is 5.78. The molecule has 0 aliphatic rings. The van der Waals surface area contributed by atoms with Crippen molar-refractivity contribution in [3.63, 3.8) is 0 Å². The first-order valence-electron chi connectivity index (χ1n) is 9.68. The molecule has 30 heavy (non-hydrogen) atoms. The van der Waals surface area contributed by atoms with Crippen LogP contribution in [0, 0.1) is 5.82 Å². The first-order valence-corrected chi connectivity index (χ1v) is 11.1. The number of nitrogens with zero attached hydrogens (tertiary/aromatic N) is 1. The van der Waals surface area contributed by atoms with Crippen LogP contribution >= 0.6 is 11.8 Å². The van der Waals surface area contributed by atoms with Crippen molar-refractivity contribution in [3.05, 3.63) is 66.0 Å². The summed E-state index contributed by atoms with van der Waals surface area (Å²) in [7, 11) is 0. The molecule has 1 atom stereocenters. The molecule has 0 saturated carbocycles. The fourth-order valence-corrected chi connectivity index (χ4v) is 4.03. The van der Waals surface area contributed by atoms with Crippen molar-refractivity contribution in [1.82, 2.24) is 15.5 Å². The predicted octanol–water partition coefficient (Wildman–Crippen LogP) is 4.37. The summed E-state index contributed by atoms with van der Waals surface area (Å²) in [5.41, 5.74) is 1.91. The smallest absolute Gasteiger partial charge is 0.251 e. The average molecular weight is 424 g/mol.